The third-order valence-electron chi connectivity index (χ3n) is 3.07. The highest BCUT2D eigenvalue weighted by Gasteiger charge is 2.14. The summed E-state index contributed by atoms with van der Waals surface area (Å²) in [5.41, 5.74) is 6.50. The molecule has 2 heterocycles. The second-order valence-electron chi connectivity index (χ2n) is 4.76. The van der Waals surface area contributed by atoms with E-state index in [4.69, 9.17) is 5.73 Å². The van der Waals surface area contributed by atoms with Crippen LogP contribution >= 0.6 is 0 Å². The molecule has 112 valence electrons. The molecular formula is C14H20N6O. The van der Waals surface area contributed by atoms with Crippen LogP contribution in [0.25, 0.3) is 5.82 Å². The molecule has 0 radical (unpaired) electrons. The van der Waals surface area contributed by atoms with Gasteiger partial charge in [-0.05, 0) is 20.3 Å². The SMILES string of the molecule is CCCc1nc(NCC)c(C)c(-n2cc(C(N)=O)cn2)n1. The molecule has 0 bridgehead atoms. The zero-order valence-corrected chi connectivity index (χ0v) is 12.6. The smallest absolute Gasteiger partial charge is 0.251 e. The zero-order chi connectivity index (χ0) is 15.4. The van der Waals surface area contributed by atoms with Crippen LogP contribution in [0.4, 0.5) is 5.82 Å². The summed E-state index contributed by atoms with van der Waals surface area (Å²) in [5.74, 6) is 1.71. The van der Waals surface area contributed by atoms with Gasteiger partial charge in [-0.1, -0.05) is 6.92 Å². The van der Waals surface area contributed by atoms with Crippen molar-refractivity contribution in [2.75, 3.05) is 11.9 Å². The monoisotopic (exact) mass is 288 g/mol. The van der Waals surface area contributed by atoms with Crippen LogP contribution < -0.4 is 11.1 Å². The fourth-order valence-corrected chi connectivity index (χ4v) is 2.01. The molecule has 0 aliphatic heterocycles. The minimum absolute atomic E-state index is 0.357. The number of nitrogens with one attached hydrogen (secondary N) is 1. The van der Waals surface area contributed by atoms with E-state index >= 15 is 0 Å². The number of carbonyl (C=O) groups is 1. The maximum Gasteiger partial charge on any atom is 0.251 e. The Bertz CT molecular complexity index is 649. The summed E-state index contributed by atoms with van der Waals surface area (Å²) >= 11 is 0. The number of hydrogen-bond acceptors (Lipinski definition) is 5. The molecule has 0 unspecified atom stereocenters. The highest BCUT2D eigenvalue weighted by molar-refractivity contribution is 5.92. The lowest BCUT2D eigenvalue weighted by atomic mass is 10.2. The van der Waals surface area contributed by atoms with Crippen LogP contribution in [-0.2, 0) is 6.42 Å². The van der Waals surface area contributed by atoms with E-state index in [1.807, 2.05) is 13.8 Å². The van der Waals surface area contributed by atoms with E-state index in [-0.39, 0.29) is 0 Å². The molecule has 0 saturated carbocycles. The van der Waals surface area contributed by atoms with Gasteiger partial charge in [0.25, 0.3) is 5.91 Å². The molecule has 0 spiro atoms. The minimum Gasteiger partial charge on any atom is -0.370 e. The lowest BCUT2D eigenvalue weighted by Gasteiger charge is -2.12. The molecule has 0 saturated heterocycles. The van der Waals surface area contributed by atoms with Crippen molar-refractivity contribution in [3.05, 3.63) is 29.3 Å². The van der Waals surface area contributed by atoms with E-state index in [2.05, 4.69) is 27.3 Å². The van der Waals surface area contributed by atoms with Crippen molar-refractivity contribution in [1.29, 1.82) is 0 Å². The van der Waals surface area contributed by atoms with Crippen molar-refractivity contribution >= 4 is 11.7 Å². The predicted octanol–water partition coefficient (Wildman–Crippen LogP) is 1.45. The van der Waals surface area contributed by atoms with Crippen LogP contribution in [0.15, 0.2) is 12.4 Å². The summed E-state index contributed by atoms with van der Waals surface area (Å²) in [6, 6.07) is 0. The van der Waals surface area contributed by atoms with Crippen LogP contribution in [0, 0.1) is 6.92 Å². The van der Waals surface area contributed by atoms with E-state index in [1.54, 1.807) is 10.9 Å². The van der Waals surface area contributed by atoms with E-state index in [1.165, 1.54) is 6.20 Å². The molecule has 0 aromatic carbocycles. The standard InChI is InChI=1S/C14H20N6O/c1-4-6-11-18-13(16-5-2)9(3)14(19-11)20-8-10(7-17-20)12(15)21/h7-8H,4-6H2,1-3H3,(H2,15,21)(H,16,18,19). The lowest BCUT2D eigenvalue weighted by Crippen LogP contribution is -2.12. The molecule has 0 fully saturated rings. The average Bonchev–Trinajstić information content (AvgIpc) is 2.92. The maximum absolute atomic E-state index is 11.2. The first-order chi connectivity index (χ1) is 10.1. The molecule has 0 aliphatic carbocycles. The Kier molecular flexibility index (Phi) is 4.52. The van der Waals surface area contributed by atoms with Gasteiger partial charge < -0.3 is 11.1 Å². The van der Waals surface area contributed by atoms with Gasteiger partial charge in [-0.25, -0.2) is 14.6 Å². The number of rotatable bonds is 6. The van der Waals surface area contributed by atoms with Gasteiger partial charge in [0, 0.05) is 24.7 Å². The van der Waals surface area contributed by atoms with Gasteiger partial charge in [0.05, 0.1) is 11.8 Å². The van der Waals surface area contributed by atoms with Crippen LogP contribution in [0.1, 0.15) is 42.0 Å². The molecule has 3 N–H and O–H groups in total. The summed E-state index contributed by atoms with van der Waals surface area (Å²) in [6.45, 7) is 6.79. The first-order valence-electron chi connectivity index (χ1n) is 7.03. The molecule has 2 aromatic heterocycles. The molecule has 0 aliphatic rings. The van der Waals surface area contributed by atoms with Gasteiger partial charge in [0.2, 0.25) is 0 Å². The van der Waals surface area contributed by atoms with E-state index in [0.717, 1.165) is 36.6 Å². The third-order valence-corrected chi connectivity index (χ3v) is 3.07. The van der Waals surface area contributed by atoms with Gasteiger partial charge >= 0.3 is 0 Å². The number of nitrogens with zero attached hydrogens (tertiary/aromatic N) is 4. The third kappa shape index (κ3) is 3.18. The van der Waals surface area contributed by atoms with Crippen molar-refractivity contribution in [1.82, 2.24) is 19.7 Å². The van der Waals surface area contributed by atoms with E-state index in [9.17, 15) is 4.79 Å². The minimum atomic E-state index is -0.506. The Morgan fingerprint density at radius 2 is 2.14 bits per heavy atom. The van der Waals surface area contributed by atoms with Gasteiger partial charge in [0.15, 0.2) is 5.82 Å². The highest BCUT2D eigenvalue weighted by Crippen LogP contribution is 2.19. The number of amides is 1. The number of aryl methyl sites for hydroxylation is 1. The number of anilines is 1. The van der Waals surface area contributed by atoms with Crippen molar-refractivity contribution in [2.45, 2.75) is 33.6 Å². The highest BCUT2D eigenvalue weighted by atomic mass is 16.1. The van der Waals surface area contributed by atoms with Gasteiger partial charge in [-0.3, -0.25) is 4.79 Å². The lowest BCUT2D eigenvalue weighted by molar-refractivity contribution is 0.100. The predicted molar refractivity (Wildman–Crippen MR) is 80.6 cm³/mol. The molecule has 0 atom stereocenters. The maximum atomic E-state index is 11.2. The van der Waals surface area contributed by atoms with Crippen LogP contribution in [0.3, 0.4) is 0 Å². The molecule has 1 amide bonds. The normalized spacial score (nSPS) is 10.6. The molecular weight excluding hydrogens is 268 g/mol. The molecule has 2 rings (SSSR count). The Labute approximate surface area is 123 Å². The summed E-state index contributed by atoms with van der Waals surface area (Å²) in [4.78, 5) is 20.3. The zero-order valence-electron chi connectivity index (χ0n) is 12.6. The summed E-state index contributed by atoms with van der Waals surface area (Å²) < 4.78 is 1.57. The van der Waals surface area contributed by atoms with Crippen molar-refractivity contribution < 1.29 is 4.79 Å². The molecule has 7 heteroatoms. The Balaban J connectivity index is 2.51. The van der Waals surface area contributed by atoms with Crippen LogP contribution in [0.2, 0.25) is 0 Å². The Morgan fingerprint density at radius 3 is 2.71 bits per heavy atom. The van der Waals surface area contributed by atoms with Crippen molar-refractivity contribution in [2.24, 2.45) is 5.73 Å². The summed E-state index contributed by atoms with van der Waals surface area (Å²) in [6.07, 6.45) is 4.77. The van der Waals surface area contributed by atoms with Crippen molar-refractivity contribution in [3.8, 4) is 5.82 Å². The Hall–Kier alpha value is -2.44. The fourth-order valence-electron chi connectivity index (χ4n) is 2.01. The Morgan fingerprint density at radius 1 is 1.38 bits per heavy atom. The number of nitrogens with two attached hydrogens (primary N) is 1. The van der Waals surface area contributed by atoms with E-state index in [0.29, 0.717) is 11.4 Å². The first-order valence-corrected chi connectivity index (χ1v) is 7.03. The van der Waals surface area contributed by atoms with Crippen LogP contribution in [0.5, 0.6) is 0 Å². The van der Waals surface area contributed by atoms with Crippen LogP contribution in [-0.4, -0.2) is 32.2 Å². The number of primary amides is 1. The second kappa shape index (κ2) is 6.34. The summed E-state index contributed by atoms with van der Waals surface area (Å²) in [5, 5.41) is 7.40. The fraction of sp³-hybridized carbons (Fsp3) is 0.429. The second-order valence-corrected chi connectivity index (χ2v) is 4.76. The number of aromatic nitrogens is 4. The van der Waals surface area contributed by atoms with Crippen molar-refractivity contribution in [3.63, 3.8) is 0 Å². The molecule has 2 aromatic rings. The van der Waals surface area contributed by atoms with Gasteiger partial charge in [-0.2, -0.15) is 5.10 Å². The van der Waals surface area contributed by atoms with E-state index < -0.39 is 5.91 Å². The largest absolute Gasteiger partial charge is 0.370 e. The number of carbonyl (C=O) groups excluding carboxylic acids is 1. The summed E-state index contributed by atoms with van der Waals surface area (Å²) in [7, 11) is 0. The topological polar surface area (TPSA) is 98.7 Å². The first kappa shape index (κ1) is 15.0. The molecule has 21 heavy (non-hydrogen) atoms. The van der Waals surface area contributed by atoms with Gasteiger partial charge in [-0.15, -0.1) is 0 Å². The van der Waals surface area contributed by atoms with Gasteiger partial charge in [0.1, 0.15) is 11.6 Å². The average molecular weight is 288 g/mol. The molecule has 7 nitrogen and oxygen atoms in total. The quantitative estimate of drug-likeness (QED) is 0.838. The number of hydrogen-bond donors (Lipinski definition) is 2.